The van der Waals surface area contributed by atoms with Crippen molar-refractivity contribution in [1.29, 1.82) is 0 Å². The largest absolute Gasteiger partial charge is 0.372 e. The summed E-state index contributed by atoms with van der Waals surface area (Å²) in [6.45, 7) is 2.02. The van der Waals surface area contributed by atoms with Gasteiger partial charge in [-0.3, -0.25) is 9.59 Å². The topological polar surface area (TPSA) is 81.4 Å². The van der Waals surface area contributed by atoms with Gasteiger partial charge in [0.05, 0.1) is 0 Å². The number of halogens is 1. The van der Waals surface area contributed by atoms with Crippen molar-refractivity contribution in [2.24, 2.45) is 5.73 Å². The van der Waals surface area contributed by atoms with Crippen LogP contribution in [0.3, 0.4) is 0 Å². The van der Waals surface area contributed by atoms with Crippen molar-refractivity contribution in [3.63, 3.8) is 0 Å². The maximum Gasteiger partial charge on any atom is 0.246 e. The van der Waals surface area contributed by atoms with Gasteiger partial charge in [0.15, 0.2) is 0 Å². The maximum absolute atomic E-state index is 13.0. The van der Waals surface area contributed by atoms with Gasteiger partial charge in [-0.15, -0.1) is 0 Å². The summed E-state index contributed by atoms with van der Waals surface area (Å²) in [5.74, 6) is -1.50. The van der Waals surface area contributed by atoms with E-state index in [1.165, 1.54) is 18.2 Å². The quantitative estimate of drug-likeness (QED) is 0.750. The Morgan fingerprint density at radius 1 is 1.47 bits per heavy atom. The molecular weight excluding hydrogens is 251 g/mol. The van der Waals surface area contributed by atoms with E-state index >= 15 is 0 Å². The second-order valence-corrected chi connectivity index (χ2v) is 3.99. The van der Waals surface area contributed by atoms with Crippen LogP contribution in [0.5, 0.6) is 0 Å². The number of carbonyl (C=O) groups is 2. The standard InChI is InChI=1S/C13H17FN2O3/c1-2-19-8-12(17)16-11(13(15)18)7-9-4-3-5-10(14)6-9/h3-6,11H,2,7-8H2,1H3,(H2,15,18)(H,16,17)/t11-/m1/s1. The summed E-state index contributed by atoms with van der Waals surface area (Å²) < 4.78 is 17.9. The van der Waals surface area contributed by atoms with Crippen LogP contribution in [-0.2, 0) is 20.7 Å². The monoisotopic (exact) mass is 268 g/mol. The molecule has 2 amide bonds. The average molecular weight is 268 g/mol. The molecule has 1 aromatic carbocycles. The number of nitrogens with two attached hydrogens (primary N) is 1. The van der Waals surface area contributed by atoms with Crippen molar-refractivity contribution in [2.75, 3.05) is 13.2 Å². The first-order chi connectivity index (χ1) is 9.02. The Morgan fingerprint density at radius 3 is 2.79 bits per heavy atom. The number of rotatable bonds is 7. The van der Waals surface area contributed by atoms with E-state index in [-0.39, 0.29) is 13.0 Å². The van der Waals surface area contributed by atoms with Gasteiger partial charge in [-0.1, -0.05) is 12.1 Å². The Morgan fingerprint density at radius 2 is 2.21 bits per heavy atom. The van der Waals surface area contributed by atoms with E-state index in [0.29, 0.717) is 12.2 Å². The van der Waals surface area contributed by atoms with Crippen LogP contribution in [0.1, 0.15) is 12.5 Å². The molecule has 0 aliphatic heterocycles. The van der Waals surface area contributed by atoms with Gasteiger partial charge in [0.2, 0.25) is 11.8 Å². The average Bonchev–Trinajstić information content (AvgIpc) is 2.35. The number of carbonyl (C=O) groups excluding carboxylic acids is 2. The zero-order chi connectivity index (χ0) is 14.3. The van der Waals surface area contributed by atoms with Gasteiger partial charge in [-0.2, -0.15) is 0 Å². The SMILES string of the molecule is CCOCC(=O)N[C@H](Cc1cccc(F)c1)C(N)=O. The molecule has 1 aromatic rings. The molecule has 0 aromatic heterocycles. The summed E-state index contributed by atoms with van der Waals surface area (Å²) in [5.41, 5.74) is 5.80. The molecule has 0 radical (unpaired) electrons. The van der Waals surface area contributed by atoms with Crippen molar-refractivity contribution in [2.45, 2.75) is 19.4 Å². The summed E-state index contributed by atoms with van der Waals surface area (Å²) in [6.07, 6.45) is 0.144. The molecule has 0 aliphatic rings. The lowest BCUT2D eigenvalue weighted by molar-refractivity contribution is -0.130. The zero-order valence-corrected chi connectivity index (χ0v) is 10.7. The third kappa shape index (κ3) is 5.48. The lowest BCUT2D eigenvalue weighted by Crippen LogP contribution is -2.47. The van der Waals surface area contributed by atoms with Crippen molar-refractivity contribution in [3.8, 4) is 0 Å². The molecule has 3 N–H and O–H groups in total. The highest BCUT2D eigenvalue weighted by Gasteiger charge is 2.18. The molecule has 1 rings (SSSR count). The number of hydrogen-bond donors (Lipinski definition) is 2. The fourth-order valence-corrected chi connectivity index (χ4v) is 1.55. The molecule has 0 bridgehead atoms. The minimum atomic E-state index is -0.880. The highest BCUT2D eigenvalue weighted by Crippen LogP contribution is 2.06. The van der Waals surface area contributed by atoms with Gasteiger partial charge in [-0.05, 0) is 24.6 Å². The molecule has 0 spiro atoms. The Kier molecular flexibility index (Phi) is 5.95. The lowest BCUT2D eigenvalue weighted by Gasteiger charge is -2.15. The van der Waals surface area contributed by atoms with Gasteiger partial charge in [0.1, 0.15) is 18.5 Å². The predicted molar refractivity (Wildman–Crippen MR) is 67.7 cm³/mol. The first-order valence-electron chi connectivity index (χ1n) is 5.93. The molecule has 0 aliphatic carbocycles. The van der Waals surface area contributed by atoms with Crippen LogP contribution in [0.25, 0.3) is 0 Å². The zero-order valence-electron chi connectivity index (χ0n) is 10.7. The van der Waals surface area contributed by atoms with E-state index < -0.39 is 23.7 Å². The van der Waals surface area contributed by atoms with Crippen LogP contribution < -0.4 is 11.1 Å². The van der Waals surface area contributed by atoms with Gasteiger partial charge < -0.3 is 15.8 Å². The van der Waals surface area contributed by atoms with E-state index in [0.717, 1.165) is 0 Å². The third-order valence-electron chi connectivity index (χ3n) is 2.44. The highest BCUT2D eigenvalue weighted by molar-refractivity contribution is 5.87. The summed E-state index contributed by atoms with van der Waals surface area (Å²) >= 11 is 0. The number of amides is 2. The number of hydrogen-bond acceptors (Lipinski definition) is 3. The molecule has 5 nitrogen and oxygen atoms in total. The smallest absolute Gasteiger partial charge is 0.246 e. The molecule has 19 heavy (non-hydrogen) atoms. The Labute approximate surface area is 110 Å². The van der Waals surface area contributed by atoms with Gasteiger partial charge in [-0.25, -0.2) is 4.39 Å². The normalized spacial score (nSPS) is 11.9. The molecule has 1 atom stereocenters. The molecule has 0 unspecified atom stereocenters. The van der Waals surface area contributed by atoms with E-state index in [2.05, 4.69) is 5.32 Å². The van der Waals surface area contributed by atoms with Gasteiger partial charge in [0, 0.05) is 13.0 Å². The first kappa shape index (κ1) is 15.1. The van der Waals surface area contributed by atoms with Crippen LogP contribution in [0, 0.1) is 5.82 Å². The molecule has 0 fully saturated rings. The minimum absolute atomic E-state index is 0.135. The lowest BCUT2D eigenvalue weighted by atomic mass is 10.1. The van der Waals surface area contributed by atoms with E-state index in [4.69, 9.17) is 10.5 Å². The van der Waals surface area contributed by atoms with E-state index in [9.17, 15) is 14.0 Å². The van der Waals surface area contributed by atoms with Crippen LogP contribution in [-0.4, -0.2) is 31.1 Å². The van der Waals surface area contributed by atoms with Crippen LogP contribution >= 0.6 is 0 Å². The molecule has 104 valence electrons. The summed E-state index contributed by atoms with van der Waals surface area (Å²) in [4.78, 5) is 22.7. The number of ether oxygens (including phenoxy) is 1. The predicted octanol–water partition coefficient (Wildman–Crippen LogP) is 0.375. The second kappa shape index (κ2) is 7.48. The Balaban J connectivity index is 2.63. The summed E-state index contributed by atoms with van der Waals surface area (Å²) in [7, 11) is 0. The molecule has 0 heterocycles. The van der Waals surface area contributed by atoms with Crippen molar-refractivity contribution in [1.82, 2.24) is 5.32 Å². The number of benzene rings is 1. The van der Waals surface area contributed by atoms with Gasteiger partial charge >= 0.3 is 0 Å². The third-order valence-corrected chi connectivity index (χ3v) is 2.44. The fraction of sp³-hybridized carbons (Fsp3) is 0.385. The van der Waals surface area contributed by atoms with Crippen molar-refractivity contribution < 1.29 is 18.7 Å². The fourth-order valence-electron chi connectivity index (χ4n) is 1.55. The van der Waals surface area contributed by atoms with E-state index in [1.54, 1.807) is 13.0 Å². The van der Waals surface area contributed by atoms with Crippen LogP contribution in [0.2, 0.25) is 0 Å². The maximum atomic E-state index is 13.0. The van der Waals surface area contributed by atoms with Gasteiger partial charge in [0.25, 0.3) is 0 Å². The van der Waals surface area contributed by atoms with Crippen LogP contribution in [0.4, 0.5) is 4.39 Å². The number of primary amides is 1. The van der Waals surface area contributed by atoms with Crippen LogP contribution in [0.15, 0.2) is 24.3 Å². The summed E-state index contributed by atoms with van der Waals surface area (Å²) in [6, 6.07) is 4.91. The second-order valence-electron chi connectivity index (χ2n) is 3.99. The molecular formula is C13H17FN2O3. The summed E-state index contributed by atoms with van der Waals surface area (Å²) in [5, 5.41) is 2.46. The first-order valence-corrected chi connectivity index (χ1v) is 5.93. The van der Waals surface area contributed by atoms with Crippen molar-refractivity contribution in [3.05, 3.63) is 35.6 Å². The Bertz CT molecular complexity index is 451. The molecule has 0 saturated heterocycles. The highest BCUT2D eigenvalue weighted by atomic mass is 19.1. The van der Waals surface area contributed by atoms with Crippen molar-refractivity contribution >= 4 is 11.8 Å². The van der Waals surface area contributed by atoms with E-state index in [1.807, 2.05) is 0 Å². The number of nitrogens with one attached hydrogen (secondary N) is 1. The molecule has 0 saturated carbocycles. The minimum Gasteiger partial charge on any atom is -0.372 e. The molecule has 6 heteroatoms. The Hall–Kier alpha value is -1.95.